The van der Waals surface area contributed by atoms with Crippen molar-refractivity contribution in [1.82, 2.24) is 14.7 Å². The van der Waals surface area contributed by atoms with Gasteiger partial charge < -0.3 is 4.90 Å². The van der Waals surface area contributed by atoms with Crippen LogP contribution in [0.1, 0.15) is 5.56 Å². The molecule has 2 aromatic rings. The largest absolute Gasteiger partial charge is 0.305 e. The Labute approximate surface area is 164 Å². The molecular weight excluding hydrogens is 378 g/mol. The molecule has 0 unspecified atom stereocenters. The van der Waals surface area contributed by atoms with Crippen molar-refractivity contribution in [2.75, 3.05) is 27.2 Å². The molecule has 148 valence electrons. The fraction of sp³-hybridized carbons (Fsp3) is 0.250. The summed E-state index contributed by atoms with van der Waals surface area (Å²) in [7, 11) is 0.314. The monoisotopic (exact) mass is 401 g/mol. The van der Waals surface area contributed by atoms with E-state index in [2.05, 4.69) is 17.0 Å². The molecule has 0 aliphatic carbocycles. The highest BCUT2D eigenvalue weighted by molar-refractivity contribution is 7.89. The average molecular weight is 401 g/mol. The number of hydroxylamine groups is 1. The Balaban J connectivity index is 1.74. The molecule has 0 atom stereocenters. The Morgan fingerprint density at radius 2 is 1.64 bits per heavy atom. The number of nitrogens with one attached hydrogen (secondary N) is 1. The number of hydrogen-bond acceptors (Lipinski definition) is 5. The smallest absolute Gasteiger partial charge is 0.271 e. The molecule has 28 heavy (non-hydrogen) atoms. The van der Waals surface area contributed by atoms with E-state index in [4.69, 9.17) is 5.21 Å². The molecule has 0 fully saturated rings. The summed E-state index contributed by atoms with van der Waals surface area (Å²) in [6, 6.07) is 14.9. The first-order valence-electron chi connectivity index (χ1n) is 8.79. The number of benzene rings is 2. The highest BCUT2D eigenvalue weighted by Gasteiger charge is 2.30. The third-order valence-corrected chi connectivity index (χ3v) is 6.39. The Kier molecular flexibility index (Phi) is 5.95. The fourth-order valence-electron chi connectivity index (χ4n) is 3.09. The van der Waals surface area contributed by atoms with Crippen LogP contribution in [0.3, 0.4) is 0 Å². The van der Waals surface area contributed by atoms with Gasteiger partial charge in [-0.25, -0.2) is 13.9 Å². The summed E-state index contributed by atoms with van der Waals surface area (Å²) in [4.78, 5) is 13.7. The quantitative estimate of drug-likeness (QED) is 0.570. The number of carbonyl (C=O) groups is 1. The molecule has 3 rings (SSSR count). The predicted molar refractivity (Wildman–Crippen MR) is 106 cm³/mol. The van der Waals surface area contributed by atoms with E-state index in [9.17, 15) is 13.2 Å². The van der Waals surface area contributed by atoms with E-state index in [1.165, 1.54) is 21.4 Å². The van der Waals surface area contributed by atoms with Crippen LogP contribution in [0.2, 0.25) is 0 Å². The van der Waals surface area contributed by atoms with Crippen LogP contribution in [0.4, 0.5) is 0 Å². The van der Waals surface area contributed by atoms with Crippen molar-refractivity contribution >= 4 is 15.9 Å². The van der Waals surface area contributed by atoms with E-state index in [0.717, 1.165) is 17.7 Å². The van der Waals surface area contributed by atoms with Crippen molar-refractivity contribution in [3.05, 3.63) is 65.7 Å². The Morgan fingerprint density at radius 3 is 2.18 bits per heavy atom. The zero-order valence-corrected chi connectivity index (χ0v) is 16.6. The summed E-state index contributed by atoms with van der Waals surface area (Å²) in [6.45, 7) is 0.890. The number of hydrogen-bond donors (Lipinski definition) is 2. The molecule has 7 nitrogen and oxygen atoms in total. The van der Waals surface area contributed by atoms with Gasteiger partial charge in [0.25, 0.3) is 5.91 Å². The number of nitrogens with zero attached hydrogens (tertiary/aromatic N) is 2. The minimum Gasteiger partial charge on any atom is -0.305 e. The summed E-state index contributed by atoms with van der Waals surface area (Å²) >= 11 is 0. The van der Waals surface area contributed by atoms with Crippen LogP contribution in [0, 0.1) is 0 Å². The lowest BCUT2D eigenvalue weighted by Crippen LogP contribution is -2.31. The summed E-state index contributed by atoms with van der Waals surface area (Å²) in [5.41, 5.74) is 4.89. The van der Waals surface area contributed by atoms with Gasteiger partial charge in [0, 0.05) is 25.2 Å². The molecule has 0 radical (unpaired) electrons. The van der Waals surface area contributed by atoms with E-state index >= 15 is 0 Å². The van der Waals surface area contributed by atoms with Crippen LogP contribution in [0.25, 0.3) is 11.1 Å². The SMILES string of the molecule is CN(C)Cc1ccc(-c2ccc(S(=O)(=O)N3CC=C(C(=O)NO)C3)cc2)cc1. The van der Waals surface area contributed by atoms with Gasteiger partial charge in [-0.1, -0.05) is 42.5 Å². The Bertz CT molecular complexity index is 981. The van der Waals surface area contributed by atoms with Gasteiger partial charge in [-0.3, -0.25) is 10.0 Å². The maximum absolute atomic E-state index is 12.8. The molecule has 2 N–H and O–H groups in total. The first-order valence-corrected chi connectivity index (χ1v) is 10.2. The third-order valence-electron chi connectivity index (χ3n) is 4.56. The Hall–Kier alpha value is -2.52. The average Bonchev–Trinajstić information content (AvgIpc) is 3.19. The molecule has 8 heteroatoms. The fourth-order valence-corrected chi connectivity index (χ4v) is 4.44. The summed E-state index contributed by atoms with van der Waals surface area (Å²) < 4.78 is 26.8. The van der Waals surface area contributed by atoms with Crippen molar-refractivity contribution in [3.63, 3.8) is 0 Å². The molecular formula is C20H23N3O4S. The molecule has 0 saturated heterocycles. The highest BCUT2D eigenvalue weighted by Crippen LogP contribution is 2.25. The van der Waals surface area contributed by atoms with E-state index in [1.54, 1.807) is 24.3 Å². The van der Waals surface area contributed by atoms with Crippen molar-refractivity contribution in [2.24, 2.45) is 0 Å². The summed E-state index contributed by atoms with van der Waals surface area (Å²) in [6.07, 6.45) is 1.49. The van der Waals surface area contributed by atoms with Gasteiger partial charge in [-0.15, -0.1) is 0 Å². The maximum Gasteiger partial charge on any atom is 0.271 e. The number of carbonyl (C=O) groups excluding carboxylic acids is 1. The number of rotatable bonds is 6. The molecule has 0 aromatic heterocycles. The minimum atomic E-state index is -3.72. The second-order valence-corrected chi connectivity index (χ2v) is 8.86. The molecule has 0 spiro atoms. The third kappa shape index (κ3) is 4.31. The van der Waals surface area contributed by atoms with Gasteiger partial charge in [0.2, 0.25) is 10.0 Å². The van der Waals surface area contributed by atoms with Gasteiger partial charge in [0.1, 0.15) is 0 Å². The van der Waals surface area contributed by atoms with E-state index < -0.39 is 15.9 Å². The van der Waals surface area contributed by atoms with Gasteiger partial charge >= 0.3 is 0 Å². The standard InChI is InChI=1S/C20H23N3O4S/c1-22(2)13-15-3-5-16(6-4-15)17-7-9-19(10-8-17)28(26,27)23-12-11-18(14-23)20(24)21-25/h3-11,25H,12-14H2,1-2H3,(H,21,24). The second kappa shape index (κ2) is 8.24. The normalized spacial score (nSPS) is 14.9. The zero-order chi connectivity index (χ0) is 20.3. The topological polar surface area (TPSA) is 90.0 Å². The van der Waals surface area contributed by atoms with Crippen LogP contribution >= 0.6 is 0 Å². The van der Waals surface area contributed by atoms with Crippen molar-refractivity contribution in [3.8, 4) is 11.1 Å². The van der Waals surface area contributed by atoms with E-state index in [0.29, 0.717) is 0 Å². The lowest BCUT2D eigenvalue weighted by molar-refractivity contribution is -0.125. The van der Waals surface area contributed by atoms with Crippen LogP contribution in [-0.2, 0) is 21.4 Å². The number of sulfonamides is 1. The lowest BCUT2D eigenvalue weighted by atomic mass is 10.0. The first-order chi connectivity index (χ1) is 13.3. The van der Waals surface area contributed by atoms with Gasteiger partial charge in [0.05, 0.1) is 4.90 Å². The molecule has 1 amide bonds. The number of amides is 1. The molecule has 2 aromatic carbocycles. The van der Waals surface area contributed by atoms with Crippen LogP contribution in [0.15, 0.2) is 65.1 Å². The van der Waals surface area contributed by atoms with Crippen molar-refractivity contribution in [2.45, 2.75) is 11.4 Å². The summed E-state index contributed by atoms with van der Waals surface area (Å²) in [5.74, 6) is -0.689. The molecule has 0 saturated carbocycles. The molecule has 1 heterocycles. The van der Waals surface area contributed by atoms with Crippen molar-refractivity contribution in [1.29, 1.82) is 0 Å². The van der Waals surface area contributed by atoms with Gasteiger partial charge in [0.15, 0.2) is 0 Å². The zero-order valence-electron chi connectivity index (χ0n) is 15.8. The highest BCUT2D eigenvalue weighted by atomic mass is 32.2. The van der Waals surface area contributed by atoms with Crippen LogP contribution in [0.5, 0.6) is 0 Å². The molecule has 1 aliphatic heterocycles. The molecule has 1 aliphatic rings. The molecule has 0 bridgehead atoms. The van der Waals surface area contributed by atoms with Crippen LogP contribution in [-0.4, -0.2) is 55.9 Å². The second-order valence-electron chi connectivity index (χ2n) is 6.93. The Morgan fingerprint density at radius 1 is 1.07 bits per heavy atom. The van der Waals surface area contributed by atoms with E-state index in [-0.39, 0.29) is 23.6 Å². The minimum absolute atomic E-state index is 0.0657. The maximum atomic E-state index is 12.8. The van der Waals surface area contributed by atoms with Gasteiger partial charge in [-0.05, 0) is 42.9 Å². The van der Waals surface area contributed by atoms with Crippen molar-refractivity contribution < 1.29 is 18.4 Å². The first kappa shape index (κ1) is 20.2. The summed E-state index contributed by atoms with van der Waals surface area (Å²) in [5, 5.41) is 8.69. The van der Waals surface area contributed by atoms with E-state index in [1.807, 2.05) is 26.2 Å². The van der Waals surface area contributed by atoms with Gasteiger partial charge in [-0.2, -0.15) is 4.31 Å². The predicted octanol–water partition coefficient (Wildman–Crippen LogP) is 1.85. The lowest BCUT2D eigenvalue weighted by Gasteiger charge is -2.16. The van der Waals surface area contributed by atoms with Crippen LogP contribution < -0.4 is 5.48 Å².